The van der Waals surface area contributed by atoms with Gasteiger partial charge in [0.1, 0.15) is 0 Å². The van der Waals surface area contributed by atoms with E-state index in [1.807, 2.05) is 13.8 Å². The number of carboxylic acid groups (broad SMARTS) is 1. The Morgan fingerprint density at radius 1 is 1.35 bits per heavy atom. The maximum atomic E-state index is 11.8. The van der Waals surface area contributed by atoms with Crippen molar-refractivity contribution >= 4 is 11.9 Å². The van der Waals surface area contributed by atoms with Crippen LogP contribution in [0.1, 0.15) is 52.4 Å². The molecular weight excluding hydrogens is 256 g/mol. The Bertz CT molecular complexity index is 312. The molecule has 116 valence electrons. The topological polar surface area (TPSA) is 78.4 Å². The number of carbonyl (C=O) groups is 2. The quantitative estimate of drug-likeness (QED) is 0.635. The molecule has 0 saturated carbocycles. The summed E-state index contributed by atoms with van der Waals surface area (Å²) in [5.74, 6) is -1.02. The van der Waals surface area contributed by atoms with Crippen molar-refractivity contribution in [2.75, 3.05) is 13.1 Å². The lowest BCUT2D eigenvalue weighted by molar-refractivity contribution is -0.142. The van der Waals surface area contributed by atoms with Crippen LogP contribution >= 0.6 is 0 Å². The van der Waals surface area contributed by atoms with Crippen LogP contribution in [0.4, 0.5) is 0 Å². The predicted octanol–water partition coefficient (Wildman–Crippen LogP) is 1.77. The van der Waals surface area contributed by atoms with Gasteiger partial charge in [-0.05, 0) is 38.1 Å². The van der Waals surface area contributed by atoms with Gasteiger partial charge in [-0.3, -0.25) is 9.59 Å². The molecule has 20 heavy (non-hydrogen) atoms. The molecule has 0 spiro atoms. The van der Waals surface area contributed by atoms with Crippen molar-refractivity contribution in [3.8, 4) is 0 Å². The summed E-state index contributed by atoms with van der Waals surface area (Å²) in [4.78, 5) is 22.9. The molecule has 2 unspecified atom stereocenters. The van der Waals surface area contributed by atoms with Gasteiger partial charge in [0, 0.05) is 19.0 Å². The maximum Gasteiger partial charge on any atom is 0.308 e. The van der Waals surface area contributed by atoms with Crippen molar-refractivity contribution in [3.63, 3.8) is 0 Å². The van der Waals surface area contributed by atoms with Gasteiger partial charge in [0.2, 0.25) is 5.91 Å². The summed E-state index contributed by atoms with van der Waals surface area (Å²) in [6.45, 7) is 5.27. The minimum atomic E-state index is -0.826. The highest BCUT2D eigenvalue weighted by Gasteiger charge is 2.20. The fraction of sp³-hybridized carbons (Fsp3) is 0.867. The summed E-state index contributed by atoms with van der Waals surface area (Å²) in [6, 6.07) is 0.445. The van der Waals surface area contributed by atoms with Crippen molar-refractivity contribution in [3.05, 3.63) is 0 Å². The molecule has 1 fully saturated rings. The van der Waals surface area contributed by atoms with Crippen LogP contribution in [-0.2, 0) is 9.59 Å². The number of carbonyl (C=O) groups excluding carboxylic acids is 1. The van der Waals surface area contributed by atoms with Crippen LogP contribution in [0.5, 0.6) is 0 Å². The Balaban J connectivity index is 2.21. The standard InChI is InChI=1S/C15H28N2O3/c1-11(2)9-12(15(19)20)10-17-14(18)7-6-13-5-3-4-8-16-13/h11-13,16H,3-10H2,1-2H3,(H,17,18)(H,19,20). The van der Waals surface area contributed by atoms with Crippen LogP contribution in [0, 0.1) is 11.8 Å². The Morgan fingerprint density at radius 2 is 2.10 bits per heavy atom. The first kappa shape index (κ1) is 17.0. The molecule has 1 heterocycles. The average molecular weight is 284 g/mol. The predicted molar refractivity (Wildman–Crippen MR) is 78.5 cm³/mol. The second-order valence-corrected chi connectivity index (χ2v) is 6.15. The van der Waals surface area contributed by atoms with Crippen LogP contribution < -0.4 is 10.6 Å². The molecule has 2 atom stereocenters. The lowest BCUT2D eigenvalue weighted by Gasteiger charge is -2.23. The summed E-state index contributed by atoms with van der Waals surface area (Å²) in [7, 11) is 0. The fourth-order valence-corrected chi connectivity index (χ4v) is 2.64. The minimum absolute atomic E-state index is 0.0348. The van der Waals surface area contributed by atoms with E-state index < -0.39 is 11.9 Å². The Labute approximate surface area is 121 Å². The van der Waals surface area contributed by atoms with Gasteiger partial charge in [0.05, 0.1) is 5.92 Å². The summed E-state index contributed by atoms with van der Waals surface area (Å²) in [5.41, 5.74) is 0. The van der Waals surface area contributed by atoms with Crippen molar-refractivity contribution in [1.29, 1.82) is 0 Å². The Kier molecular flexibility index (Phi) is 7.59. The first-order valence-corrected chi connectivity index (χ1v) is 7.72. The SMILES string of the molecule is CC(C)CC(CNC(=O)CCC1CCCCN1)C(=O)O. The molecule has 0 aliphatic carbocycles. The molecule has 5 nitrogen and oxygen atoms in total. The van der Waals surface area contributed by atoms with Gasteiger partial charge in [0.25, 0.3) is 0 Å². The third kappa shape index (κ3) is 6.89. The van der Waals surface area contributed by atoms with Gasteiger partial charge in [-0.15, -0.1) is 0 Å². The normalized spacial score (nSPS) is 20.6. The van der Waals surface area contributed by atoms with Crippen molar-refractivity contribution in [2.24, 2.45) is 11.8 Å². The fourth-order valence-electron chi connectivity index (χ4n) is 2.64. The lowest BCUT2D eigenvalue weighted by Crippen LogP contribution is -2.37. The second kappa shape index (κ2) is 8.95. The molecule has 1 aliphatic rings. The molecule has 0 bridgehead atoms. The third-order valence-electron chi connectivity index (χ3n) is 3.78. The van der Waals surface area contributed by atoms with Crippen molar-refractivity contribution < 1.29 is 14.7 Å². The molecule has 0 aromatic rings. The van der Waals surface area contributed by atoms with Crippen LogP contribution in [-0.4, -0.2) is 36.1 Å². The molecule has 1 amide bonds. The van der Waals surface area contributed by atoms with E-state index in [2.05, 4.69) is 10.6 Å². The Morgan fingerprint density at radius 3 is 2.65 bits per heavy atom. The number of carboxylic acids is 1. The highest BCUT2D eigenvalue weighted by Crippen LogP contribution is 2.13. The highest BCUT2D eigenvalue weighted by atomic mass is 16.4. The first-order chi connectivity index (χ1) is 9.49. The zero-order valence-corrected chi connectivity index (χ0v) is 12.7. The number of amides is 1. The van der Waals surface area contributed by atoms with Crippen molar-refractivity contribution in [1.82, 2.24) is 10.6 Å². The molecule has 1 rings (SSSR count). The Hall–Kier alpha value is -1.10. The molecule has 5 heteroatoms. The first-order valence-electron chi connectivity index (χ1n) is 7.72. The van der Waals surface area contributed by atoms with Gasteiger partial charge in [-0.2, -0.15) is 0 Å². The smallest absolute Gasteiger partial charge is 0.308 e. The number of hydrogen-bond donors (Lipinski definition) is 3. The third-order valence-corrected chi connectivity index (χ3v) is 3.78. The molecule has 0 radical (unpaired) electrons. The molecule has 1 aliphatic heterocycles. The van der Waals surface area contributed by atoms with E-state index in [4.69, 9.17) is 5.11 Å². The summed E-state index contributed by atoms with van der Waals surface area (Å²) in [6.07, 6.45) is 5.50. The van der Waals surface area contributed by atoms with Crippen LogP contribution in [0.25, 0.3) is 0 Å². The van der Waals surface area contributed by atoms with E-state index in [1.165, 1.54) is 12.8 Å². The molecule has 0 aromatic carbocycles. The van der Waals surface area contributed by atoms with E-state index in [1.54, 1.807) is 0 Å². The number of hydrogen-bond acceptors (Lipinski definition) is 3. The van der Waals surface area contributed by atoms with Gasteiger partial charge in [-0.1, -0.05) is 20.3 Å². The van der Waals surface area contributed by atoms with Gasteiger partial charge in [0.15, 0.2) is 0 Å². The number of nitrogens with one attached hydrogen (secondary N) is 2. The summed E-state index contributed by atoms with van der Waals surface area (Å²) < 4.78 is 0. The summed E-state index contributed by atoms with van der Waals surface area (Å²) >= 11 is 0. The van der Waals surface area contributed by atoms with Gasteiger partial charge >= 0.3 is 5.97 Å². The minimum Gasteiger partial charge on any atom is -0.481 e. The molecule has 1 saturated heterocycles. The second-order valence-electron chi connectivity index (χ2n) is 6.15. The molecular formula is C15H28N2O3. The summed E-state index contributed by atoms with van der Waals surface area (Å²) in [5, 5.41) is 15.3. The lowest BCUT2D eigenvalue weighted by atomic mass is 9.97. The highest BCUT2D eigenvalue weighted by molar-refractivity contribution is 5.77. The average Bonchev–Trinajstić information content (AvgIpc) is 2.41. The monoisotopic (exact) mass is 284 g/mol. The van der Waals surface area contributed by atoms with Crippen LogP contribution in [0.15, 0.2) is 0 Å². The maximum absolute atomic E-state index is 11.8. The van der Waals surface area contributed by atoms with E-state index >= 15 is 0 Å². The van der Waals surface area contributed by atoms with Crippen molar-refractivity contribution in [2.45, 2.75) is 58.4 Å². The zero-order valence-electron chi connectivity index (χ0n) is 12.7. The van der Waals surface area contributed by atoms with E-state index in [0.29, 0.717) is 24.8 Å². The van der Waals surface area contributed by atoms with E-state index in [9.17, 15) is 9.59 Å². The number of rotatable bonds is 8. The van der Waals surface area contributed by atoms with Gasteiger partial charge < -0.3 is 15.7 Å². The van der Waals surface area contributed by atoms with E-state index in [0.717, 1.165) is 19.4 Å². The van der Waals surface area contributed by atoms with E-state index in [-0.39, 0.29) is 12.5 Å². The van der Waals surface area contributed by atoms with Gasteiger partial charge in [-0.25, -0.2) is 0 Å². The molecule has 0 aromatic heterocycles. The number of piperidine rings is 1. The van der Waals surface area contributed by atoms with Crippen LogP contribution in [0.2, 0.25) is 0 Å². The van der Waals surface area contributed by atoms with Crippen LogP contribution in [0.3, 0.4) is 0 Å². The zero-order chi connectivity index (χ0) is 15.0. The largest absolute Gasteiger partial charge is 0.481 e. The number of aliphatic carboxylic acids is 1. The molecule has 3 N–H and O–H groups in total.